The number of hydrogen-bond donors (Lipinski definition) is 1. The summed E-state index contributed by atoms with van der Waals surface area (Å²) in [6.07, 6.45) is 9.76. The third kappa shape index (κ3) is 2.22. The van der Waals surface area contributed by atoms with Crippen LogP contribution in [-0.2, 0) is 12.8 Å². The van der Waals surface area contributed by atoms with Crippen LogP contribution in [0.15, 0.2) is 12.3 Å². The van der Waals surface area contributed by atoms with Crippen molar-refractivity contribution in [1.29, 1.82) is 0 Å². The van der Waals surface area contributed by atoms with Gasteiger partial charge in [-0.05, 0) is 32.1 Å². The van der Waals surface area contributed by atoms with Crippen molar-refractivity contribution >= 4 is 11.0 Å². The topological polar surface area (TPSA) is 41.1 Å². The van der Waals surface area contributed by atoms with Crippen LogP contribution < -0.4 is 4.74 Å². The van der Waals surface area contributed by atoms with Gasteiger partial charge in [0.05, 0.1) is 23.3 Å². The molecule has 0 spiro atoms. The van der Waals surface area contributed by atoms with E-state index in [9.17, 15) is 0 Å². The van der Waals surface area contributed by atoms with Crippen LogP contribution in [0.4, 0.5) is 0 Å². The highest BCUT2D eigenvalue weighted by Crippen LogP contribution is 2.32. The van der Waals surface area contributed by atoms with Crippen LogP contribution in [0.2, 0.25) is 0 Å². The summed E-state index contributed by atoms with van der Waals surface area (Å²) < 4.78 is 5.86. The lowest BCUT2D eigenvalue weighted by molar-refractivity contribution is 0.277. The van der Waals surface area contributed by atoms with Gasteiger partial charge in [-0.3, -0.25) is 9.88 Å². The SMILES string of the molecule is c1nc2c3c([nH]c2cc1OC1CC1)CCN(C1CC1)CC3. The lowest BCUT2D eigenvalue weighted by Gasteiger charge is -2.18. The quantitative estimate of drug-likeness (QED) is 0.941. The van der Waals surface area contributed by atoms with Gasteiger partial charge in [0.25, 0.3) is 0 Å². The first kappa shape index (κ1) is 12.0. The highest BCUT2D eigenvalue weighted by Gasteiger charge is 2.31. The van der Waals surface area contributed by atoms with Crippen molar-refractivity contribution in [1.82, 2.24) is 14.9 Å². The van der Waals surface area contributed by atoms with Crippen molar-refractivity contribution in [2.24, 2.45) is 0 Å². The second kappa shape index (κ2) is 4.47. The Kier molecular flexibility index (Phi) is 2.56. The Bertz CT molecular complexity index is 685. The molecule has 2 aromatic heterocycles. The molecule has 110 valence electrons. The van der Waals surface area contributed by atoms with E-state index in [2.05, 4.69) is 20.9 Å². The fraction of sp³-hybridized carbons (Fsp3) is 0.588. The van der Waals surface area contributed by atoms with E-state index in [0.717, 1.165) is 35.7 Å². The van der Waals surface area contributed by atoms with Crippen LogP contribution in [0, 0.1) is 0 Å². The third-order valence-corrected chi connectivity index (χ3v) is 4.99. The molecule has 1 aliphatic heterocycles. The Hall–Kier alpha value is -1.55. The van der Waals surface area contributed by atoms with E-state index in [-0.39, 0.29) is 0 Å². The largest absolute Gasteiger partial charge is 0.489 e. The van der Waals surface area contributed by atoms with Gasteiger partial charge in [-0.15, -0.1) is 0 Å². The van der Waals surface area contributed by atoms with E-state index in [0.29, 0.717) is 6.10 Å². The first-order valence-electron chi connectivity index (χ1n) is 8.27. The van der Waals surface area contributed by atoms with Crippen LogP contribution in [0.25, 0.3) is 11.0 Å². The second-order valence-electron chi connectivity index (χ2n) is 6.73. The van der Waals surface area contributed by atoms with E-state index in [1.807, 2.05) is 6.20 Å². The summed E-state index contributed by atoms with van der Waals surface area (Å²) in [6.45, 7) is 2.38. The zero-order chi connectivity index (χ0) is 13.8. The molecule has 4 nitrogen and oxygen atoms in total. The molecule has 2 fully saturated rings. The smallest absolute Gasteiger partial charge is 0.140 e. The summed E-state index contributed by atoms with van der Waals surface area (Å²) >= 11 is 0. The maximum Gasteiger partial charge on any atom is 0.140 e. The third-order valence-electron chi connectivity index (χ3n) is 4.99. The van der Waals surface area contributed by atoms with Gasteiger partial charge in [0.2, 0.25) is 0 Å². The Morgan fingerprint density at radius 1 is 1.14 bits per heavy atom. The van der Waals surface area contributed by atoms with Gasteiger partial charge in [0.1, 0.15) is 5.75 Å². The number of pyridine rings is 1. The average molecular weight is 283 g/mol. The van der Waals surface area contributed by atoms with Gasteiger partial charge >= 0.3 is 0 Å². The van der Waals surface area contributed by atoms with Gasteiger partial charge in [0, 0.05) is 42.9 Å². The predicted octanol–water partition coefficient (Wildman–Crippen LogP) is 2.67. The number of rotatable bonds is 3. The number of nitrogens with one attached hydrogen (secondary N) is 1. The van der Waals surface area contributed by atoms with Gasteiger partial charge < -0.3 is 9.72 Å². The Morgan fingerprint density at radius 2 is 2.00 bits per heavy atom. The fourth-order valence-electron chi connectivity index (χ4n) is 3.52. The van der Waals surface area contributed by atoms with Crippen LogP contribution >= 0.6 is 0 Å². The number of H-pyrrole nitrogens is 1. The van der Waals surface area contributed by atoms with Crippen molar-refractivity contribution in [2.75, 3.05) is 13.1 Å². The minimum atomic E-state index is 0.434. The Morgan fingerprint density at radius 3 is 2.81 bits per heavy atom. The molecule has 0 aromatic carbocycles. The molecule has 2 aliphatic carbocycles. The van der Waals surface area contributed by atoms with E-state index in [1.54, 1.807) is 0 Å². The van der Waals surface area contributed by atoms with Crippen molar-refractivity contribution in [3.63, 3.8) is 0 Å². The van der Waals surface area contributed by atoms with Crippen molar-refractivity contribution in [2.45, 2.75) is 50.7 Å². The lowest BCUT2D eigenvalue weighted by Crippen LogP contribution is -2.28. The van der Waals surface area contributed by atoms with Gasteiger partial charge in [-0.1, -0.05) is 0 Å². The predicted molar refractivity (Wildman–Crippen MR) is 81.7 cm³/mol. The molecule has 1 N–H and O–H groups in total. The number of aromatic nitrogens is 2. The van der Waals surface area contributed by atoms with Gasteiger partial charge in [-0.2, -0.15) is 0 Å². The second-order valence-corrected chi connectivity index (χ2v) is 6.73. The van der Waals surface area contributed by atoms with E-state index in [1.165, 1.54) is 50.0 Å². The first-order chi connectivity index (χ1) is 10.4. The maximum atomic E-state index is 5.86. The molecule has 0 atom stereocenters. The van der Waals surface area contributed by atoms with Gasteiger partial charge in [0.15, 0.2) is 0 Å². The van der Waals surface area contributed by atoms with E-state index >= 15 is 0 Å². The summed E-state index contributed by atoms with van der Waals surface area (Å²) in [5.41, 5.74) is 5.14. The number of nitrogens with zero attached hydrogens (tertiary/aromatic N) is 2. The van der Waals surface area contributed by atoms with E-state index in [4.69, 9.17) is 4.74 Å². The number of hydrogen-bond acceptors (Lipinski definition) is 3. The molecule has 0 unspecified atom stereocenters. The zero-order valence-electron chi connectivity index (χ0n) is 12.3. The molecule has 0 radical (unpaired) electrons. The Balaban J connectivity index is 1.45. The summed E-state index contributed by atoms with van der Waals surface area (Å²) in [7, 11) is 0. The van der Waals surface area contributed by atoms with Crippen LogP contribution in [0.5, 0.6) is 5.75 Å². The van der Waals surface area contributed by atoms with Crippen molar-refractivity contribution in [3.05, 3.63) is 23.5 Å². The highest BCUT2D eigenvalue weighted by molar-refractivity contribution is 5.81. The normalized spacial score (nSPS) is 23.0. The average Bonchev–Trinajstić information content (AvgIpc) is 3.34. The number of aromatic amines is 1. The summed E-state index contributed by atoms with van der Waals surface area (Å²) in [5, 5.41) is 0. The molecule has 3 heterocycles. The summed E-state index contributed by atoms with van der Waals surface area (Å²) in [5.74, 6) is 0.918. The van der Waals surface area contributed by atoms with Crippen molar-refractivity contribution < 1.29 is 4.74 Å². The zero-order valence-corrected chi connectivity index (χ0v) is 12.3. The monoisotopic (exact) mass is 283 g/mol. The van der Waals surface area contributed by atoms with Crippen molar-refractivity contribution in [3.8, 4) is 5.75 Å². The first-order valence-corrected chi connectivity index (χ1v) is 8.27. The molecule has 21 heavy (non-hydrogen) atoms. The molecule has 5 rings (SSSR count). The molecule has 0 amide bonds. The molecular weight excluding hydrogens is 262 g/mol. The molecule has 2 aromatic rings. The summed E-state index contributed by atoms with van der Waals surface area (Å²) in [6, 6.07) is 3.00. The Labute approximate surface area is 124 Å². The minimum Gasteiger partial charge on any atom is -0.489 e. The van der Waals surface area contributed by atoms with Gasteiger partial charge in [-0.25, -0.2) is 0 Å². The lowest BCUT2D eigenvalue weighted by atomic mass is 10.1. The molecule has 4 heteroatoms. The standard InChI is InChI=1S/C17H21N3O/c1-2-11(1)20-7-5-14-15(6-8-20)19-16-9-13(10-18-17(14)16)21-12-3-4-12/h9-12,19H,1-8H2. The molecular formula is C17H21N3O. The van der Waals surface area contributed by atoms with Crippen LogP contribution in [0.1, 0.15) is 36.9 Å². The molecule has 0 saturated heterocycles. The minimum absolute atomic E-state index is 0.434. The van der Waals surface area contributed by atoms with Crippen LogP contribution in [-0.4, -0.2) is 40.1 Å². The maximum absolute atomic E-state index is 5.86. The molecule has 2 saturated carbocycles. The fourth-order valence-corrected chi connectivity index (χ4v) is 3.52. The highest BCUT2D eigenvalue weighted by atomic mass is 16.5. The number of fused-ring (bicyclic) bond motifs is 3. The van der Waals surface area contributed by atoms with Crippen LogP contribution in [0.3, 0.4) is 0 Å². The molecule has 0 bridgehead atoms. The summed E-state index contributed by atoms with van der Waals surface area (Å²) in [4.78, 5) is 10.9. The number of ether oxygens (including phenoxy) is 1. The van der Waals surface area contributed by atoms with E-state index < -0.39 is 0 Å². The molecule has 3 aliphatic rings.